The zero-order valence-electron chi connectivity index (χ0n) is 16.5. The van der Waals surface area contributed by atoms with Crippen LogP contribution in [0.2, 0.25) is 0 Å². The van der Waals surface area contributed by atoms with Gasteiger partial charge in [-0.25, -0.2) is 9.97 Å². The number of fused-ring (bicyclic) bond motifs is 2. The van der Waals surface area contributed by atoms with E-state index in [1.165, 1.54) is 5.57 Å². The summed E-state index contributed by atoms with van der Waals surface area (Å²) in [6.45, 7) is 3.87. The minimum atomic E-state index is 0.713. The highest BCUT2D eigenvalue weighted by molar-refractivity contribution is 5.97. The molecule has 8 heteroatoms. The number of H-pyrrole nitrogens is 2. The Morgan fingerprint density at radius 2 is 2.03 bits per heavy atom. The summed E-state index contributed by atoms with van der Waals surface area (Å²) in [5, 5.41) is 13.0. The van der Waals surface area contributed by atoms with Crippen LogP contribution in [-0.2, 0) is 0 Å². The Labute approximate surface area is 172 Å². The van der Waals surface area contributed by atoms with E-state index in [1.54, 1.807) is 0 Å². The first-order chi connectivity index (χ1) is 14.8. The molecule has 0 aliphatic carbocycles. The highest BCUT2D eigenvalue weighted by Gasteiger charge is 2.16. The Bertz CT molecular complexity index is 1420. The van der Waals surface area contributed by atoms with Crippen molar-refractivity contribution in [2.75, 3.05) is 13.1 Å². The van der Waals surface area contributed by atoms with Crippen LogP contribution in [0.3, 0.4) is 0 Å². The molecular formula is C22H20N8. The van der Waals surface area contributed by atoms with Gasteiger partial charge in [-0.05, 0) is 43.2 Å². The van der Waals surface area contributed by atoms with Gasteiger partial charge >= 0.3 is 0 Å². The number of hydrogen-bond donors (Lipinski definition) is 3. The average molecular weight is 396 g/mol. The normalized spacial score (nSPS) is 14.5. The van der Waals surface area contributed by atoms with E-state index in [9.17, 15) is 0 Å². The maximum Gasteiger partial charge on any atom is 0.181 e. The summed E-state index contributed by atoms with van der Waals surface area (Å²) in [4.78, 5) is 16.8. The molecule has 1 aliphatic rings. The number of imidazole rings is 1. The fourth-order valence-corrected chi connectivity index (χ4v) is 4.10. The SMILES string of the molecule is Cc1cn(-c2cncc3[nH]c(-c4[nH]nc5ncc(C6=CCNCC6)cc45)cc23)cn1. The van der Waals surface area contributed by atoms with Crippen LogP contribution in [-0.4, -0.2) is 47.8 Å². The Balaban J connectivity index is 1.49. The molecule has 0 amide bonds. The lowest BCUT2D eigenvalue weighted by Crippen LogP contribution is -2.20. The van der Waals surface area contributed by atoms with Crippen LogP contribution in [0, 0.1) is 6.92 Å². The van der Waals surface area contributed by atoms with Crippen molar-refractivity contribution < 1.29 is 0 Å². The van der Waals surface area contributed by atoms with Crippen LogP contribution < -0.4 is 5.32 Å². The first kappa shape index (κ1) is 17.1. The van der Waals surface area contributed by atoms with Crippen LogP contribution in [0.25, 0.3) is 44.6 Å². The van der Waals surface area contributed by atoms with Crippen molar-refractivity contribution in [1.29, 1.82) is 0 Å². The van der Waals surface area contributed by atoms with Crippen molar-refractivity contribution in [3.05, 3.63) is 60.6 Å². The summed E-state index contributed by atoms with van der Waals surface area (Å²) in [6.07, 6.45) is 12.7. The Morgan fingerprint density at radius 3 is 2.87 bits per heavy atom. The van der Waals surface area contributed by atoms with Gasteiger partial charge in [-0.15, -0.1) is 0 Å². The number of hydrogen-bond acceptors (Lipinski definition) is 5. The molecule has 0 aromatic carbocycles. The molecule has 0 atom stereocenters. The van der Waals surface area contributed by atoms with E-state index >= 15 is 0 Å². The number of rotatable bonds is 3. The van der Waals surface area contributed by atoms with Gasteiger partial charge in [0, 0.05) is 29.7 Å². The fraction of sp³-hybridized carbons (Fsp3) is 0.182. The van der Waals surface area contributed by atoms with Crippen molar-refractivity contribution in [3.8, 4) is 17.1 Å². The third kappa shape index (κ3) is 2.73. The molecule has 8 nitrogen and oxygen atoms in total. The van der Waals surface area contributed by atoms with Crippen molar-refractivity contribution >= 4 is 27.5 Å². The maximum atomic E-state index is 4.58. The van der Waals surface area contributed by atoms with Gasteiger partial charge < -0.3 is 14.9 Å². The predicted octanol–water partition coefficient (Wildman–Crippen LogP) is 3.37. The number of nitrogens with zero attached hydrogens (tertiary/aromatic N) is 5. The van der Waals surface area contributed by atoms with Crippen molar-refractivity contribution in [2.24, 2.45) is 0 Å². The van der Waals surface area contributed by atoms with E-state index in [4.69, 9.17) is 0 Å². The topological polar surface area (TPSA) is 100 Å². The number of aromatic nitrogens is 7. The molecule has 0 fully saturated rings. The monoisotopic (exact) mass is 396 g/mol. The molecule has 0 bridgehead atoms. The number of pyridine rings is 2. The standard InChI is InChI=1S/C22H20N8/c1-13-11-30(12-26-13)20-10-24-9-19-16(20)7-18(27-19)21-17-6-15(8-25-22(17)29-28-21)14-2-4-23-5-3-14/h2,6-12,23,27H,3-5H2,1H3,(H,25,28,29). The molecule has 0 saturated heterocycles. The largest absolute Gasteiger partial charge is 0.352 e. The second kappa shape index (κ2) is 6.64. The first-order valence-corrected chi connectivity index (χ1v) is 9.98. The Morgan fingerprint density at radius 1 is 1.07 bits per heavy atom. The minimum Gasteiger partial charge on any atom is -0.352 e. The van der Waals surface area contributed by atoms with E-state index in [0.29, 0.717) is 5.65 Å². The second-order valence-electron chi connectivity index (χ2n) is 7.60. The first-order valence-electron chi connectivity index (χ1n) is 9.98. The average Bonchev–Trinajstić information content (AvgIpc) is 3.51. The quantitative estimate of drug-likeness (QED) is 0.434. The van der Waals surface area contributed by atoms with Gasteiger partial charge in [0.15, 0.2) is 5.65 Å². The lowest BCUT2D eigenvalue weighted by atomic mass is 10.0. The van der Waals surface area contributed by atoms with Gasteiger partial charge in [0.25, 0.3) is 0 Å². The smallest absolute Gasteiger partial charge is 0.181 e. The van der Waals surface area contributed by atoms with Crippen LogP contribution in [0.15, 0.2) is 49.3 Å². The molecule has 0 saturated carbocycles. The number of aromatic amines is 2. The molecule has 0 radical (unpaired) electrons. The van der Waals surface area contributed by atoms with E-state index in [2.05, 4.69) is 53.7 Å². The van der Waals surface area contributed by atoms with Gasteiger partial charge in [0.2, 0.25) is 0 Å². The highest BCUT2D eigenvalue weighted by Crippen LogP contribution is 2.32. The lowest BCUT2D eigenvalue weighted by molar-refractivity contribution is 0.738. The van der Waals surface area contributed by atoms with E-state index < -0.39 is 0 Å². The van der Waals surface area contributed by atoms with Crippen LogP contribution >= 0.6 is 0 Å². The molecule has 5 aromatic rings. The Hall–Kier alpha value is -3.78. The van der Waals surface area contributed by atoms with Crippen molar-refractivity contribution in [3.63, 3.8) is 0 Å². The molecule has 1 aliphatic heterocycles. The second-order valence-corrected chi connectivity index (χ2v) is 7.60. The fourth-order valence-electron chi connectivity index (χ4n) is 4.10. The molecule has 0 unspecified atom stereocenters. The zero-order chi connectivity index (χ0) is 20.1. The molecule has 5 aromatic heterocycles. The molecule has 148 valence electrons. The van der Waals surface area contributed by atoms with Crippen LogP contribution in [0.4, 0.5) is 0 Å². The molecule has 6 heterocycles. The summed E-state index contributed by atoms with van der Waals surface area (Å²) in [5.41, 5.74) is 7.99. The lowest BCUT2D eigenvalue weighted by Gasteiger charge is -2.13. The predicted molar refractivity (Wildman–Crippen MR) is 116 cm³/mol. The van der Waals surface area contributed by atoms with Crippen molar-refractivity contribution in [2.45, 2.75) is 13.3 Å². The van der Waals surface area contributed by atoms with Gasteiger partial charge in [-0.1, -0.05) is 6.08 Å². The summed E-state index contributed by atoms with van der Waals surface area (Å²) in [7, 11) is 0. The van der Waals surface area contributed by atoms with Gasteiger partial charge in [-0.3, -0.25) is 10.1 Å². The van der Waals surface area contributed by atoms with Gasteiger partial charge in [-0.2, -0.15) is 5.10 Å². The molecular weight excluding hydrogens is 376 g/mol. The third-order valence-corrected chi connectivity index (χ3v) is 5.63. The van der Waals surface area contributed by atoms with Gasteiger partial charge in [0.05, 0.1) is 47.0 Å². The molecule has 30 heavy (non-hydrogen) atoms. The zero-order valence-corrected chi connectivity index (χ0v) is 16.5. The summed E-state index contributed by atoms with van der Waals surface area (Å²) in [5.74, 6) is 0. The molecule has 6 rings (SSSR count). The van der Waals surface area contributed by atoms with Crippen LogP contribution in [0.5, 0.6) is 0 Å². The van der Waals surface area contributed by atoms with E-state index in [1.807, 2.05) is 42.6 Å². The number of aryl methyl sites for hydroxylation is 1. The van der Waals surface area contributed by atoms with Gasteiger partial charge in [0.1, 0.15) is 0 Å². The summed E-state index contributed by atoms with van der Waals surface area (Å²) >= 11 is 0. The third-order valence-electron chi connectivity index (χ3n) is 5.63. The van der Waals surface area contributed by atoms with E-state index in [-0.39, 0.29) is 0 Å². The van der Waals surface area contributed by atoms with Crippen LogP contribution in [0.1, 0.15) is 17.7 Å². The maximum absolute atomic E-state index is 4.58. The Kier molecular flexibility index (Phi) is 3.78. The molecule has 0 spiro atoms. The molecule has 3 N–H and O–H groups in total. The van der Waals surface area contributed by atoms with E-state index in [0.717, 1.165) is 64.1 Å². The highest BCUT2D eigenvalue weighted by atomic mass is 15.2. The summed E-state index contributed by atoms with van der Waals surface area (Å²) < 4.78 is 2.00. The van der Waals surface area contributed by atoms with Crippen molar-refractivity contribution in [1.82, 2.24) is 40.0 Å². The minimum absolute atomic E-state index is 0.713. The number of nitrogens with one attached hydrogen (secondary N) is 3. The summed E-state index contributed by atoms with van der Waals surface area (Å²) in [6, 6.07) is 4.31.